The lowest BCUT2D eigenvalue weighted by atomic mass is 10.1. The highest BCUT2D eigenvalue weighted by Gasteiger charge is 2.24. The lowest BCUT2D eigenvalue weighted by molar-refractivity contribution is 0.101. The molecule has 26 heteroatoms. The zero-order valence-corrected chi connectivity index (χ0v) is 43.5. The second-order valence-electron chi connectivity index (χ2n) is 16.9. The molecule has 0 aliphatic heterocycles. The van der Waals surface area contributed by atoms with E-state index in [0.29, 0.717) is 39.3 Å². The molecular formula is C52H44N8O15S3. The zero-order valence-electron chi connectivity index (χ0n) is 41.1. The SMILES string of the molecule is COc1cc(N=Nc2c(S(=O)(=O)O)cc3cc(NC(=O)c4ccccc4)ccc3c2O)c(OC)cc1N=Nc1ccc(N=Nc2ccc(C(=O)Nc3ccc4c(OCCCS(=O)(=O)O)cc(S(=O)(=O)O)cc4c3)cc2C)cc1. The Morgan fingerprint density at radius 1 is 0.538 bits per heavy atom. The average Bonchev–Trinajstić information content (AvgIpc) is 3.51. The molecule has 0 unspecified atom stereocenters. The number of anilines is 2. The van der Waals surface area contributed by atoms with Crippen molar-refractivity contribution in [2.45, 2.75) is 23.1 Å². The quantitative estimate of drug-likeness (QED) is 0.0249. The van der Waals surface area contributed by atoms with Gasteiger partial charge in [0, 0.05) is 51.5 Å². The summed E-state index contributed by atoms with van der Waals surface area (Å²) in [4.78, 5) is 24.8. The summed E-state index contributed by atoms with van der Waals surface area (Å²) >= 11 is 0. The molecule has 2 amide bonds. The first kappa shape index (κ1) is 55.2. The summed E-state index contributed by atoms with van der Waals surface area (Å²) in [6.07, 6.45) is -0.0942. The van der Waals surface area contributed by atoms with Crippen molar-refractivity contribution in [2.75, 3.05) is 37.2 Å². The molecule has 0 aliphatic carbocycles. The van der Waals surface area contributed by atoms with Crippen LogP contribution in [0.1, 0.15) is 32.7 Å². The van der Waals surface area contributed by atoms with E-state index >= 15 is 0 Å². The number of nitrogens with one attached hydrogen (secondary N) is 2. The van der Waals surface area contributed by atoms with Crippen LogP contribution in [0.2, 0.25) is 0 Å². The summed E-state index contributed by atoms with van der Waals surface area (Å²) in [7, 11) is -11.2. The fourth-order valence-corrected chi connectivity index (χ4v) is 9.31. The van der Waals surface area contributed by atoms with Crippen molar-refractivity contribution < 1.29 is 67.8 Å². The van der Waals surface area contributed by atoms with Gasteiger partial charge in [0.25, 0.3) is 42.2 Å². The molecule has 0 heterocycles. The maximum Gasteiger partial charge on any atom is 0.296 e. The third-order valence-corrected chi connectivity index (χ3v) is 14.0. The first-order valence-electron chi connectivity index (χ1n) is 22.9. The van der Waals surface area contributed by atoms with Gasteiger partial charge in [-0.1, -0.05) is 18.2 Å². The standard InChI is InChI=1S/C52H44N8O15S3/c1-30-22-32(52(63)54-37-15-17-40-33(23-37)25-39(77(67,68)69)27-45(40)75-20-7-21-76(64,65)66)10-19-42(30)57-55-35-11-13-36(14-12-35)56-58-43-28-47(74-3)44(29-46(43)73-2)59-60-49-48(78(70,71)72)26-34-24-38(16-18-41(34)50(49)61)53-51(62)31-8-5-4-6-9-31/h4-6,8-19,22-29,61H,7,20-21H2,1-3H3,(H,53,62)(H,54,63)(H,64,65,66)(H,67,68,69)(H,70,71,72). The summed E-state index contributed by atoms with van der Waals surface area (Å²) in [6, 6.07) is 34.8. The van der Waals surface area contributed by atoms with Gasteiger partial charge in [-0.25, -0.2) is 0 Å². The van der Waals surface area contributed by atoms with Gasteiger partial charge in [0.15, 0.2) is 5.75 Å². The summed E-state index contributed by atoms with van der Waals surface area (Å²) in [5.74, 6) is -1.84. The van der Waals surface area contributed by atoms with Crippen LogP contribution >= 0.6 is 0 Å². The minimum atomic E-state index is -4.98. The maximum absolute atomic E-state index is 13.3. The third kappa shape index (κ3) is 13.5. The van der Waals surface area contributed by atoms with Crippen molar-refractivity contribution >= 4 is 109 Å². The highest BCUT2D eigenvalue weighted by atomic mass is 32.2. The normalized spacial score (nSPS) is 12.2. The van der Waals surface area contributed by atoms with Crippen molar-refractivity contribution in [1.29, 1.82) is 0 Å². The van der Waals surface area contributed by atoms with Crippen LogP contribution in [0.4, 0.5) is 45.5 Å². The van der Waals surface area contributed by atoms with Crippen LogP contribution in [0.5, 0.6) is 23.0 Å². The van der Waals surface area contributed by atoms with E-state index in [4.69, 9.17) is 18.8 Å². The maximum atomic E-state index is 13.3. The molecule has 0 aliphatic rings. The highest BCUT2D eigenvalue weighted by molar-refractivity contribution is 7.86. The number of hydrogen-bond donors (Lipinski definition) is 6. The van der Waals surface area contributed by atoms with E-state index in [2.05, 4.69) is 41.3 Å². The van der Waals surface area contributed by atoms with Gasteiger partial charge in [-0.05, 0) is 133 Å². The Kier molecular flexibility index (Phi) is 16.3. The zero-order chi connectivity index (χ0) is 55.9. The number of phenolic OH excluding ortho intramolecular Hbond substituents is 1. The number of phenols is 1. The number of aromatic hydroxyl groups is 1. The minimum Gasteiger partial charge on any atom is -0.505 e. The topological polar surface area (TPSA) is 343 Å². The highest BCUT2D eigenvalue weighted by Crippen LogP contribution is 2.45. The van der Waals surface area contributed by atoms with Gasteiger partial charge in [0.2, 0.25) is 0 Å². The van der Waals surface area contributed by atoms with E-state index in [1.165, 1.54) is 62.8 Å². The van der Waals surface area contributed by atoms with E-state index in [0.717, 1.165) is 12.1 Å². The van der Waals surface area contributed by atoms with Crippen LogP contribution in [-0.2, 0) is 30.4 Å². The second-order valence-corrected chi connectivity index (χ2v) is 21.3. The lowest BCUT2D eigenvalue weighted by Gasteiger charge is -2.13. The molecule has 0 fully saturated rings. The number of benzene rings is 8. The van der Waals surface area contributed by atoms with Crippen LogP contribution < -0.4 is 24.8 Å². The molecule has 0 spiro atoms. The Morgan fingerprint density at radius 3 is 1.64 bits per heavy atom. The van der Waals surface area contributed by atoms with Gasteiger partial charge < -0.3 is 30.0 Å². The predicted octanol–water partition coefficient (Wildman–Crippen LogP) is 11.9. The molecule has 6 N–H and O–H groups in total. The van der Waals surface area contributed by atoms with Crippen LogP contribution in [0.15, 0.2) is 180 Å². The van der Waals surface area contributed by atoms with Gasteiger partial charge in [0.1, 0.15) is 39.2 Å². The number of amides is 2. The minimum absolute atomic E-state index is 0.0258. The molecule has 8 rings (SSSR count). The lowest BCUT2D eigenvalue weighted by Crippen LogP contribution is -2.12. The van der Waals surface area contributed by atoms with Crippen LogP contribution in [0, 0.1) is 6.92 Å². The number of carbonyl (C=O) groups excluding carboxylic acids is 2. The van der Waals surface area contributed by atoms with Crippen LogP contribution in [0.25, 0.3) is 21.5 Å². The first-order chi connectivity index (χ1) is 37.1. The number of aryl methyl sites for hydroxylation is 1. The second kappa shape index (κ2) is 23.1. The Bertz CT molecular complexity index is 4110. The van der Waals surface area contributed by atoms with Crippen molar-refractivity contribution in [3.05, 3.63) is 156 Å². The number of fused-ring (bicyclic) bond motifs is 2. The molecule has 78 heavy (non-hydrogen) atoms. The fraction of sp³-hybridized carbons (Fsp3) is 0.115. The molecule has 0 aromatic heterocycles. The Hall–Kier alpha value is -9.05. The Morgan fingerprint density at radius 2 is 1.09 bits per heavy atom. The van der Waals surface area contributed by atoms with Gasteiger partial charge in [-0.3, -0.25) is 23.2 Å². The van der Waals surface area contributed by atoms with E-state index in [1.54, 1.807) is 85.8 Å². The molecular weight excluding hydrogens is 1070 g/mol. The smallest absolute Gasteiger partial charge is 0.296 e. The number of carbonyl (C=O) groups is 2. The van der Waals surface area contributed by atoms with Crippen molar-refractivity contribution in [3.63, 3.8) is 0 Å². The number of rotatable bonds is 19. The fourth-order valence-electron chi connectivity index (χ4n) is 7.64. The number of hydrogen-bond acceptors (Lipinski definition) is 18. The largest absolute Gasteiger partial charge is 0.505 e. The van der Waals surface area contributed by atoms with Crippen LogP contribution in [0.3, 0.4) is 0 Å². The number of nitrogens with zero attached hydrogens (tertiary/aromatic N) is 6. The third-order valence-electron chi connectivity index (χ3n) is 11.5. The first-order valence-corrected chi connectivity index (χ1v) is 27.4. The molecule has 8 aromatic rings. The molecule has 0 bridgehead atoms. The van der Waals surface area contributed by atoms with Crippen molar-refractivity contribution in [1.82, 2.24) is 0 Å². The Labute approximate surface area is 445 Å². The van der Waals surface area contributed by atoms with Crippen molar-refractivity contribution in [2.24, 2.45) is 30.7 Å². The van der Waals surface area contributed by atoms with E-state index < -0.39 is 69.1 Å². The monoisotopic (exact) mass is 1120 g/mol. The van der Waals surface area contributed by atoms with E-state index in [9.17, 15) is 49.1 Å². The van der Waals surface area contributed by atoms with Gasteiger partial charge in [-0.15, -0.1) is 15.3 Å². The molecule has 400 valence electrons. The molecule has 23 nitrogen and oxygen atoms in total. The van der Waals surface area contributed by atoms with Gasteiger partial charge in [-0.2, -0.15) is 40.6 Å². The summed E-state index contributed by atoms with van der Waals surface area (Å²) < 4.78 is 117. The molecule has 0 radical (unpaired) electrons. The number of azo groups is 3. The number of ether oxygens (including phenoxy) is 3. The van der Waals surface area contributed by atoms with E-state index in [1.807, 2.05) is 0 Å². The number of methoxy groups -OCH3 is 2. The predicted molar refractivity (Wildman–Crippen MR) is 288 cm³/mol. The van der Waals surface area contributed by atoms with E-state index in [-0.39, 0.29) is 69.1 Å². The molecule has 8 aromatic carbocycles. The summed E-state index contributed by atoms with van der Waals surface area (Å²) in [6.45, 7) is 1.55. The average molecular weight is 1120 g/mol. The summed E-state index contributed by atoms with van der Waals surface area (Å²) in [5, 5.41) is 43.1. The Balaban J connectivity index is 0.932. The molecule has 0 saturated heterocycles. The van der Waals surface area contributed by atoms with Gasteiger partial charge >= 0.3 is 0 Å². The van der Waals surface area contributed by atoms with Crippen LogP contribution in [-0.4, -0.2) is 82.4 Å². The molecule has 0 atom stereocenters. The van der Waals surface area contributed by atoms with Gasteiger partial charge in [0.05, 0.1) is 48.5 Å². The summed E-state index contributed by atoms with van der Waals surface area (Å²) in [5.41, 5.74) is 2.82. The van der Waals surface area contributed by atoms with Crippen molar-refractivity contribution in [3.8, 4) is 23.0 Å². The molecule has 0 saturated carbocycles.